The van der Waals surface area contributed by atoms with E-state index in [1.54, 1.807) is 0 Å². The molecule has 1 unspecified atom stereocenters. The van der Waals surface area contributed by atoms with Crippen LogP contribution in [0.2, 0.25) is 0 Å². The van der Waals surface area contributed by atoms with Crippen molar-refractivity contribution >= 4 is 11.9 Å². The van der Waals surface area contributed by atoms with Crippen LogP contribution in [0.5, 0.6) is 5.75 Å². The van der Waals surface area contributed by atoms with Crippen molar-refractivity contribution in [1.29, 1.82) is 0 Å². The lowest BCUT2D eigenvalue weighted by atomic mass is 9.96. The summed E-state index contributed by atoms with van der Waals surface area (Å²) in [5, 5.41) is 5.68. The molecule has 3 rings (SSSR count). The molecule has 0 aliphatic carbocycles. The highest BCUT2D eigenvalue weighted by Gasteiger charge is 2.39. The van der Waals surface area contributed by atoms with Crippen molar-refractivity contribution in [1.82, 2.24) is 15.5 Å². The maximum absolute atomic E-state index is 12.8. The van der Waals surface area contributed by atoms with Gasteiger partial charge in [-0.25, -0.2) is 4.79 Å². The number of ether oxygens (including phenoxy) is 1. The standard InChI is InChI=1S/C19H25N3O3/c1-3-5-6-11-22-12-15-16(18(22)23)17(21-19(24)20-15)13-7-9-14(10-8-13)25-4-2/h7-10,17H,3-6,11-12H2,1-2H3,(H2,20,21,24). The summed E-state index contributed by atoms with van der Waals surface area (Å²) in [6.45, 7) is 5.89. The zero-order valence-electron chi connectivity index (χ0n) is 14.8. The van der Waals surface area contributed by atoms with Crippen molar-refractivity contribution in [3.63, 3.8) is 0 Å². The highest BCUT2D eigenvalue weighted by Crippen LogP contribution is 2.33. The van der Waals surface area contributed by atoms with Gasteiger partial charge in [0, 0.05) is 6.54 Å². The van der Waals surface area contributed by atoms with Gasteiger partial charge in [-0.2, -0.15) is 0 Å². The lowest BCUT2D eigenvalue weighted by Gasteiger charge is -2.25. The number of nitrogens with zero attached hydrogens (tertiary/aromatic N) is 1. The molecule has 1 aromatic rings. The molecule has 6 heteroatoms. The van der Waals surface area contributed by atoms with Crippen LogP contribution in [-0.2, 0) is 4.79 Å². The van der Waals surface area contributed by atoms with Gasteiger partial charge < -0.3 is 20.3 Å². The minimum atomic E-state index is -0.414. The Morgan fingerprint density at radius 3 is 2.60 bits per heavy atom. The second kappa shape index (κ2) is 7.59. The summed E-state index contributed by atoms with van der Waals surface area (Å²) in [5.41, 5.74) is 2.26. The van der Waals surface area contributed by atoms with Gasteiger partial charge >= 0.3 is 6.03 Å². The van der Waals surface area contributed by atoms with E-state index < -0.39 is 6.04 Å². The Morgan fingerprint density at radius 1 is 1.16 bits per heavy atom. The van der Waals surface area contributed by atoms with Crippen molar-refractivity contribution in [2.45, 2.75) is 39.2 Å². The molecule has 1 atom stereocenters. The molecule has 0 radical (unpaired) electrons. The summed E-state index contributed by atoms with van der Waals surface area (Å²) in [5.74, 6) is 0.789. The molecule has 0 spiro atoms. The van der Waals surface area contributed by atoms with Crippen LogP contribution >= 0.6 is 0 Å². The summed E-state index contributed by atoms with van der Waals surface area (Å²) in [7, 11) is 0. The van der Waals surface area contributed by atoms with Gasteiger partial charge in [0.15, 0.2) is 0 Å². The number of carbonyl (C=O) groups excluding carboxylic acids is 2. The maximum Gasteiger partial charge on any atom is 0.319 e. The van der Waals surface area contributed by atoms with E-state index in [1.807, 2.05) is 36.1 Å². The predicted octanol–water partition coefficient (Wildman–Crippen LogP) is 2.73. The normalized spacial score (nSPS) is 19.6. The smallest absolute Gasteiger partial charge is 0.319 e. The summed E-state index contributed by atoms with van der Waals surface area (Å²) in [6.07, 6.45) is 3.20. The number of urea groups is 1. The number of rotatable bonds is 7. The third kappa shape index (κ3) is 3.62. The molecule has 2 N–H and O–H groups in total. The van der Waals surface area contributed by atoms with Gasteiger partial charge in [-0.15, -0.1) is 0 Å². The van der Waals surface area contributed by atoms with Crippen LogP contribution < -0.4 is 15.4 Å². The lowest BCUT2D eigenvalue weighted by Crippen LogP contribution is -2.44. The lowest BCUT2D eigenvalue weighted by molar-refractivity contribution is -0.125. The number of amides is 3. The second-order valence-electron chi connectivity index (χ2n) is 6.36. The van der Waals surface area contributed by atoms with E-state index >= 15 is 0 Å². The number of carbonyl (C=O) groups is 2. The molecule has 134 valence electrons. The van der Waals surface area contributed by atoms with E-state index in [1.165, 1.54) is 0 Å². The van der Waals surface area contributed by atoms with E-state index in [9.17, 15) is 9.59 Å². The quantitative estimate of drug-likeness (QED) is 0.748. The largest absolute Gasteiger partial charge is 0.494 e. The first-order chi connectivity index (χ1) is 12.1. The first kappa shape index (κ1) is 17.3. The fourth-order valence-corrected chi connectivity index (χ4v) is 3.33. The highest BCUT2D eigenvalue weighted by molar-refractivity contribution is 6.01. The monoisotopic (exact) mass is 343 g/mol. The molecule has 6 nitrogen and oxygen atoms in total. The fraction of sp³-hybridized carbons (Fsp3) is 0.474. The summed E-state index contributed by atoms with van der Waals surface area (Å²) in [6, 6.07) is 6.86. The SMILES string of the molecule is CCCCCN1CC2=C(C1=O)C(c1ccc(OCC)cc1)NC(=O)N2. The molecule has 3 amide bonds. The molecule has 1 aromatic carbocycles. The molecule has 0 saturated carbocycles. The number of unbranched alkanes of at least 4 members (excludes halogenated alkanes) is 2. The number of nitrogens with one attached hydrogen (secondary N) is 2. The molecule has 2 aliphatic rings. The van der Waals surface area contributed by atoms with E-state index in [-0.39, 0.29) is 11.9 Å². The van der Waals surface area contributed by atoms with Gasteiger partial charge in [0.25, 0.3) is 5.91 Å². The van der Waals surface area contributed by atoms with E-state index in [4.69, 9.17) is 4.74 Å². The molecule has 0 aromatic heterocycles. The Morgan fingerprint density at radius 2 is 1.92 bits per heavy atom. The maximum atomic E-state index is 12.8. The van der Waals surface area contributed by atoms with Gasteiger partial charge in [0.05, 0.1) is 30.5 Å². The Labute approximate surface area is 148 Å². The van der Waals surface area contributed by atoms with Crippen molar-refractivity contribution < 1.29 is 14.3 Å². The molecule has 2 aliphatic heterocycles. The number of benzene rings is 1. The van der Waals surface area contributed by atoms with E-state index in [0.29, 0.717) is 18.7 Å². The minimum absolute atomic E-state index is 0.0116. The summed E-state index contributed by atoms with van der Waals surface area (Å²) < 4.78 is 5.46. The van der Waals surface area contributed by atoms with Gasteiger partial charge in [0.2, 0.25) is 0 Å². The highest BCUT2D eigenvalue weighted by atomic mass is 16.5. The third-order valence-corrected chi connectivity index (χ3v) is 4.58. The van der Waals surface area contributed by atoms with Crippen molar-refractivity contribution in [2.24, 2.45) is 0 Å². The number of hydrogen-bond donors (Lipinski definition) is 2. The summed E-state index contributed by atoms with van der Waals surface area (Å²) in [4.78, 5) is 26.7. The number of hydrogen-bond acceptors (Lipinski definition) is 3. The average Bonchev–Trinajstić information content (AvgIpc) is 2.91. The average molecular weight is 343 g/mol. The Kier molecular flexibility index (Phi) is 5.26. The fourth-order valence-electron chi connectivity index (χ4n) is 3.33. The van der Waals surface area contributed by atoms with Crippen LogP contribution in [0.25, 0.3) is 0 Å². The van der Waals surface area contributed by atoms with Crippen LogP contribution in [-0.4, -0.2) is 36.5 Å². The summed E-state index contributed by atoms with van der Waals surface area (Å²) >= 11 is 0. The van der Waals surface area contributed by atoms with Crippen LogP contribution in [0.4, 0.5) is 4.79 Å². The van der Waals surface area contributed by atoms with Gasteiger partial charge in [-0.3, -0.25) is 4.79 Å². The van der Waals surface area contributed by atoms with Crippen LogP contribution in [0.3, 0.4) is 0 Å². The van der Waals surface area contributed by atoms with Crippen LogP contribution in [0, 0.1) is 0 Å². The van der Waals surface area contributed by atoms with Gasteiger partial charge in [-0.1, -0.05) is 31.9 Å². The molecular weight excluding hydrogens is 318 g/mol. The minimum Gasteiger partial charge on any atom is -0.494 e. The van der Waals surface area contributed by atoms with Crippen LogP contribution in [0.15, 0.2) is 35.5 Å². The van der Waals surface area contributed by atoms with Crippen molar-refractivity contribution in [3.05, 3.63) is 41.1 Å². The Bertz CT molecular complexity index is 682. The van der Waals surface area contributed by atoms with Crippen LogP contribution in [0.1, 0.15) is 44.7 Å². The van der Waals surface area contributed by atoms with Crippen molar-refractivity contribution in [2.75, 3.05) is 19.7 Å². The molecular formula is C19H25N3O3. The zero-order valence-corrected chi connectivity index (χ0v) is 14.8. The van der Waals surface area contributed by atoms with Gasteiger partial charge in [-0.05, 0) is 31.0 Å². The van der Waals surface area contributed by atoms with Gasteiger partial charge in [0.1, 0.15) is 5.75 Å². The molecule has 0 fully saturated rings. The second-order valence-corrected chi connectivity index (χ2v) is 6.36. The topological polar surface area (TPSA) is 70.7 Å². The molecule has 25 heavy (non-hydrogen) atoms. The first-order valence-corrected chi connectivity index (χ1v) is 8.96. The third-order valence-electron chi connectivity index (χ3n) is 4.58. The molecule has 0 bridgehead atoms. The first-order valence-electron chi connectivity index (χ1n) is 8.96. The zero-order chi connectivity index (χ0) is 17.8. The Balaban J connectivity index is 1.80. The van der Waals surface area contributed by atoms with E-state index in [2.05, 4.69) is 17.6 Å². The molecule has 2 heterocycles. The van der Waals surface area contributed by atoms with Crippen molar-refractivity contribution in [3.8, 4) is 5.75 Å². The Hall–Kier alpha value is -2.50. The molecule has 0 saturated heterocycles. The predicted molar refractivity (Wildman–Crippen MR) is 95.2 cm³/mol. The van der Waals surface area contributed by atoms with E-state index in [0.717, 1.165) is 42.8 Å².